The molecule has 136 valence electrons. The molecule has 1 amide bonds. The number of carbonyl (C=O) groups excluding carboxylic acids is 1. The summed E-state index contributed by atoms with van der Waals surface area (Å²) in [5.74, 6) is -0.421. The zero-order chi connectivity index (χ0) is 18.7. The number of nitrogens with zero attached hydrogens (tertiary/aromatic N) is 3. The SMILES string of the molecule is CN1CCN(c2ccc([N+](=O)[O-])cc2C(=O)Nc2ccccc2Cl)CC1. The van der Waals surface area contributed by atoms with E-state index in [9.17, 15) is 14.9 Å². The second kappa shape index (κ2) is 7.72. The highest BCUT2D eigenvalue weighted by Crippen LogP contribution is 2.28. The third-order valence-corrected chi connectivity index (χ3v) is 4.73. The van der Waals surface area contributed by atoms with Gasteiger partial charge in [-0.1, -0.05) is 23.7 Å². The molecular formula is C18H19ClN4O3. The lowest BCUT2D eigenvalue weighted by molar-refractivity contribution is -0.384. The van der Waals surface area contributed by atoms with Gasteiger partial charge in [-0.05, 0) is 25.2 Å². The van der Waals surface area contributed by atoms with Gasteiger partial charge in [-0.3, -0.25) is 14.9 Å². The summed E-state index contributed by atoms with van der Waals surface area (Å²) in [4.78, 5) is 27.8. The van der Waals surface area contributed by atoms with E-state index in [-0.39, 0.29) is 11.3 Å². The van der Waals surface area contributed by atoms with Crippen LogP contribution in [0.15, 0.2) is 42.5 Å². The topological polar surface area (TPSA) is 78.7 Å². The van der Waals surface area contributed by atoms with Crippen LogP contribution < -0.4 is 10.2 Å². The smallest absolute Gasteiger partial charge is 0.270 e. The van der Waals surface area contributed by atoms with Crippen LogP contribution in [0.4, 0.5) is 17.1 Å². The number of benzene rings is 2. The third-order valence-electron chi connectivity index (χ3n) is 4.40. The number of nitro groups is 1. The first-order valence-corrected chi connectivity index (χ1v) is 8.61. The zero-order valence-electron chi connectivity index (χ0n) is 14.3. The van der Waals surface area contributed by atoms with Gasteiger partial charge in [0.05, 0.1) is 26.9 Å². The van der Waals surface area contributed by atoms with Gasteiger partial charge < -0.3 is 15.1 Å². The number of carbonyl (C=O) groups is 1. The maximum Gasteiger partial charge on any atom is 0.270 e. The van der Waals surface area contributed by atoms with Crippen molar-refractivity contribution >= 4 is 34.6 Å². The van der Waals surface area contributed by atoms with Crippen molar-refractivity contribution < 1.29 is 9.72 Å². The minimum absolute atomic E-state index is 0.118. The Labute approximate surface area is 156 Å². The number of rotatable bonds is 4. The summed E-state index contributed by atoms with van der Waals surface area (Å²) in [6.45, 7) is 3.23. The first-order chi connectivity index (χ1) is 12.5. The number of nitro benzene ring substituents is 1. The minimum Gasteiger partial charge on any atom is -0.368 e. The van der Waals surface area contributed by atoms with Gasteiger partial charge >= 0.3 is 0 Å². The van der Waals surface area contributed by atoms with E-state index in [0.717, 1.165) is 26.2 Å². The Balaban J connectivity index is 1.94. The summed E-state index contributed by atoms with van der Waals surface area (Å²) in [7, 11) is 2.04. The number of hydrogen-bond donors (Lipinski definition) is 1. The fraction of sp³-hybridized carbons (Fsp3) is 0.278. The Hall–Kier alpha value is -2.64. The Morgan fingerprint density at radius 1 is 1.15 bits per heavy atom. The molecule has 0 saturated carbocycles. The van der Waals surface area contributed by atoms with Gasteiger partial charge in [-0.2, -0.15) is 0 Å². The molecule has 1 aliphatic rings. The highest BCUT2D eigenvalue weighted by Gasteiger charge is 2.23. The van der Waals surface area contributed by atoms with E-state index in [0.29, 0.717) is 16.4 Å². The van der Waals surface area contributed by atoms with Crippen molar-refractivity contribution in [1.82, 2.24) is 4.90 Å². The molecule has 8 heteroatoms. The standard InChI is InChI=1S/C18H19ClN4O3/c1-21-8-10-22(11-9-21)17-7-6-13(23(25)26)12-14(17)18(24)20-16-5-3-2-4-15(16)19/h2-7,12H,8-11H2,1H3,(H,20,24). The molecule has 1 N–H and O–H groups in total. The lowest BCUT2D eigenvalue weighted by Gasteiger charge is -2.34. The number of halogens is 1. The Morgan fingerprint density at radius 2 is 1.85 bits per heavy atom. The molecule has 2 aromatic carbocycles. The van der Waals surface area contributed by atoms with E-state index in [4.69, 9.17) is 11.6 Å². The first kappa shape index (κ1) is 18.2. The monoisotopic (exact) mass is 374 g/mol. The van der Waals surface area contributed by atoms with Crippen LogP contribution in [0.2, 0.25) is 5.02 Å². The molecule has 1 saturated heterocycles. The van der Waals surface area contributed by atoms with Crippen LogP contribution >= 0.6 is 11.6 Å². The molecule has 0 aliphatic carbocycles. The molecule has 0 radical (unpaired) electrons. The minimum atomic E-state index is -0.500. The van der Waals surface area contributed by atoms with Crippen molar-refractivity contribution in [2.45, 2.75) is 0 Å². The van der Waals surface area contributed by atoms with Gasteiger partial charge in [0.1, 0.15) is 0 Å². The number of anilines is 2. The van der Waals surface area contributed by atoms with Crippen molar-refractivity contribution in [3.05, 3.63) is 63.2 Å². The zero-order valence-corrected chi connectivity index (χ0v) is 15.1. The highest BCUT2D eigenvalue weighted by molar-refractivity contribution is 6.34. The van der Waals surface area contributed by atoms with Crippen LogP contribution in [-0.4, -0.2) is 49.0 Å². The molecule has 26 heavy (non-hydrogen) atoms. The lowest BCUT2D eigenvalue weighted by atomic mass is 10.1. The van der Waals surface area contributed by atoms with Crippen LogP contribution in [0.25, 0.3) is 0 Å². The van der Waals surface area contributed by atoms with Gasteiger partial charge in [-0.25, -0.2) is 0 Å². The van der Waals surface area contributed by atoms with Gasteiger partial charge in [0.25, 0.3) is 11.6 Å². The number of likely N-dealkylation sites (N-methyl/N-ethyl adjacent to an activating group) is 1. The summed E-state index contributed by atoms with van der Waals surface area (Å²) in [5.41, 5.74) is 1.30. The number of amides is 1. The van der Waals surface area contributed by atoms with Crippen LogP contribution in [0.3, 0.4) is 0 Å². The maximum absolute atomic E-state index is 12.8. The number of piperazine rings is 1. The second-order valence-corrected chi connectivity index (χ2v) is 6.59. The molecule has 3 rings (SSSR count). The third kappa shape index (κ3) is 3.95. The molecule has 7 nitrogen and oxygen atoms in total. The first-order valence-electron chi connectivity index (χ1n) is 8.23. The summed E-state index contributed by atoms with van der Waals surface area (Å²) in [5, 5.41) is 14.3. The predicted molar refractivity (Wildman–Crippen MR) is 102 cm³/mol. The van der Waals surface area contributed by atoms with Gasteiger partial charge in [-0.15, -0.1) is 0 Å². The normalized spacial score (nSPS) is 14.9. The van der Waals surface area contributed by atoms with Gasteiger partial charge in [0.15, 0.2) is 0 Å². The van der Waals surface area contributed by atoms with Crippen molar-refractivity contribution in [2.24, 2.45) is 0 Å². The highest BCUT2D eigenvalue weighted by atomic mass is 35.5. The molecule has 1 aliphatic heterocycles. The maximum atomic E-state index is 12.8. The fourth-order valence-corrected chi connectivity index (χ4v) is 3.08. The second-order valence-electron chi connectivity index (χ2n) is 6.18. The molecule has 2 aromatic rings. The summed E-state index contributed by atoms with van der Waals surface area (Å²) >= 11 is 6.10. The van der Waals surface area contributed by atoms with E-state index >= 15 is 0 Å². The number of para-hydroxylation sites is 1. The Kier molecular flexibility index (Phi) is 5.39. The summed E-state index contributed by atoms with van der Waals surface area (Å²) in [6.07, 6.45) is 0. The van der Waals surface area contributed by atoms with E-state index in [1.807, 2.05) is 7.05 Å². The predicted octanol–water partition coefficient (Wildman–Crippen LogP) is 3.25. The molecule has 0 aromatic heterocycles. The van der Waals surface area contributed by atoms with Crippen LogP contribution in [0.1, 0.15) is 10.4 Å². The molecule has 0 spiro atoms. The fourth-order valence-electron chi connectivity index (χ4n) is 2.89. The molecular weight excluding hydrogens is 356 g/mol. The van der Waals surface area contributed by atoms with Crippen LogP contribution in [0, 0.1) is 10.1 Å². The molecule has 0 atom stereocenters. The average molecular weight is 375 g/mol. The number of non-ortho nitro benzene ring substituents is 1. The van der Waals surface area contributed by atoms with Crippen LogP contribution in [-0.2, 0) is 0 Å². The van der Waals surface area contributed by atoms with Crippen molar-refractivity contribution in [3.63, 3.8) is 0 Å². The Bertz CT molecular complexity index is 835. The van der Waals surface area contributed by atoms with Crippen molar-refractivity contribution in [2.75, 3.05) is 43.4 Å². The summed E-state index contributed by atoms with van der Waals surface area (Å²) in [6, 6.07) is 11.3. The molecule has 1 heterocycles. The number of hydrogen-bond acceptors (Lipinski definition) is 5. The lowest BCUT2D eigenvalue weighted by Crippen LogP contribution is -2.45. The van der Waals surface area contributed by atoms with E-state index in [2.05, 4.69) is 15.1 Å². The van der Waals surface area contributed by atoms with E-state index < -0.39 is 10.8 Å². The van der Waals surface area contributed by atoms with Gasteiger partial charge in [0.2, 0.25) is 0 Å². The van der Waals surface area contributed by atoms with Crippen LogP contribution in [0.5, 0.6) is 0 Å². The molecule has 1 fully saturated rings. The van der Waals surface area contributed by atoms with Crippen molar-refractivity contribution in [3.8, 4) is 0 Å². The van der Waals surface area contributed by atoms with E-state index in [1.54, 1.807) is 30.3 Å². The average Bonchev–Trinajstić information content (AvgIpc) is 2.63. The van der Waals surface area contributed by atoms with Gasteiger partial charge in [0, 0.05) is 38.3 Å². The summed E-state index contributed by atoms with van der Waals surface area (Å²) < 4.78 is 0. The quantitative estimate of drug-likeness (QED) is 0.656. The Morgan fingerprint density at radius 3 is 2.50 bits per heavy atom. The number of nitrogens with one attached hydrogen (secondary N) is 1. The largest absolute Gasteiger partial charge is 0.368 e. The van der Waals surface area contributed by atoms with E-state index in [1.165, 1.54) is 12.1 Å². The molecule has 0 unspecified atom stereocenters. The van der Waals surface area contributed by atoms with Crippen molar-refractivity contribution in [1.29, 1.82) is 0 Å². The molecule has 0 bridgehead atoms.